The van der Waals surface area contributed by atoms with Gasteiger partial charge in [-0.2, -0.15) is 0 Å². The number of hydrogen-bond acceptors (Lipinski definition) is 3. The second-order valence-corrected chi connectivity index (χ2v) is 4.88. The SMILES string of the molecule is Cc1ccc(CN(C)C(=O)N[C@@H](C(=O)O)C(C)C)o1. The van der Waals surface area contributed by atoms with Gasteiger partial charge < -0.3 is 19.7 Å². The number of furan rings is 1. The molecule has 2 amide bonds. The summed E-state index contributed by atoms with van der Waals surface area (Å²) in [5.41, 5.74) is 0. The highest BCUT2D eigenvalue weighted by Gasteiger charge is 2.25. The maximum atomic E-state index is 11.9. The summed E-state index contributed by atoms with van der Waals surface area (Å²) in [6.45, 7) is 5.61. The van der Waals surface area contributed by atoms with Crippen LogP contribution in [-0.2, 0) is 11.3 Å². The molecule has 1 atom stereocenters. The Labute approximate surface area is 112 Å². The van der Waals surface area contributed by atoms with Crippen LogP contribution in [0.1, 0.15) is 25.4 Å². The smallest absolute Gasteiger partial charge is 0.326 e. The van der Waals surface area contributed by atoms with Crippen molar-refractivity contribution in [2.24, 2.45) is 5.92 Å². The fraction of sp³-hybridized carbons (Fsp3) is 0.538. The van der Waals surface area contributed by atoms with Crippen molar-refractivity contribution in [2.45, 2.75) is 33.4 Å². The van der Waals surface area contributed by atoms with Crippen molar-refractivity contribution < 1.29 is 19.1 Å². The lowest BCUT2D eigenvalue weighted by Crippen LogP contribution is -2.48. The molecule has 0 spiro atoms. The predicted octanol–water partition coefficient (Wildman–Crippen LogP) is 1.84. The largest absolute Gasteiger partial charge is 0.480 e. The molecule has 1 rings (SSSR count). The van der Waals surface area contributed by atoms with Crippen molar-refractivity contribution >= 4 is 12.0 Å². The van der Waals surface area contributed by atoms with Crippen molar-refractivity contribution in [1.82, 2.24) is 10.2 Å². The Kier molecular flexibility index (Phi) is 4.97. The summed E-state index contributed by atoms with van der Waals surface area (Å²) < 4.78 is 5.37. The molecule has 19 heavy (non-hydrogen) atoms. The minimum Gasteiger partial charge on any atom is -0.480 e. The summed E-state index contributed by atoms with van der Waals surface area (Å²) in [7, 11) is 1.59. The Morgan fingerprint density at radius 1 is 1.42 bits per heavy atom. The van der Waals surface area contributed by atoms with E-state index in [1.807, 2.05) is 13.0 Å². The second-order valence-electron chi connectivity index (χ2n) is 4.88. The van der Waals surface area contributed by atoms with Crippen molar-refractivity contribution in [3.05, 3.63) is 23.7 Å². The zero-order valence-electron chi connectivity index (χ0n) is 11.6. The third-order valence-electron chi connectivity index (χ3n) is 2.75. The first kappa shape index (κ1) is 15.1. The van der Waals surface area contributed by atoms with Gasteiger partial charge in [-0.25, -0.2) is 9.59 Å². The second kappa shape index (κ2) is 6.26. The van der Waals surface area contributed by atoms with E-state index >= 15 is 0 Å². The first-order chi connectivity index (χ1) is 8.81. The van der Waals surface area contributed by atoms with E-state index in [9.17, 15) is 9.59 Å². The molecule has 0 aliphatic carbocycles. The highest BCUT2D eigenvalue weighted by molar-refractivity contribution is 5.82. The molecule has 1 aromatic heterocycles. The highest BCUT2D eigenvalue weighted by Crippen LogP contribution is 2.09. The van der Waals surface area contributed by atoms with E-state index in [2.05, 4.69) is 5.32 Å². The topological polar surface area (TPSA) is 82.8 Å². The number of aryl methyl sites for hydroxylation is 1. The van der Waals surface area contributed by atoms with E-state index in [0.717, 1.165) is 5.76 Å². The highest BCUT2D eigenvalue weighted by atomic mass is 16.4. The number of rotatable bonds is 5. The molecular formula is C13H20N2O4. The lowest BCUT2D eigenvalue weighted by atomic mass is 10.1. The number of nitrogens with zero attached hydrogens (tertiary/aromatic N) is 1. The quantitative estimate of drug-likeness (QED) is 0.853. The molecule has 1 heterocycles. The molecule has 0 saturated heterocycles. The van der Waals surface area contributed by atoms with Crippen LogP contribution in [0.5, 0.6) is 0 Å². The zero-order chi connectivity index (χ0) is 14.6. The lowest BCUT2D eigenvalue weighted by Gasteiger charge is -2.22. The molecule has 0 bridgehead atoms. The van der Waals surface area contributed by atoms with Crippen molar-refractivity contribution in [3.63, 3.8) is 0 Å². The van der Waals surface area contributed by atoms with Gasteiger partial charge in [-0.3, -0.25) is 0 Å². The van der Waals surface area contributed by atoms with Crippen LogP contribution in [-0.4, -0.2) is 35.1 Å². The molecule has 1 aromatic rings. The van der Waals surface area contributed by atoms with E-state index in [1.165, 1.54) is 4.90 Å². The van der Waals surface area contributed by atoms with Crippen molar-refractivity contribution in [1.29, 1.82) is 0 Å². The summed E-state index contributed by atoms with van der Waals surface area (Å²) in [5.74, 6) is 0.215. The van der Waals surface area contributed by atoms with Gasteiger partial charge in [0.1, 0.15) is 17.6 Å². The molecule has 6 heteroatoms. The molecule has 2 N–H and O–H groups in total. The summed E-state index contributed by atoms with van der Waals surface area (Å²) in [4.78, 5) is 24.3. The molecule has 0 fully saturated rings. The maximum absolute atomic E-state index is 11.9. The van der Waals surface area contributed by atoms with Gasteiger partial charge in [0.2, 0.25) is 0 Å². The van der Waals surface area contributed by atoms with Crippen LogP contribution in [0.15, 0.2) is 16.5 Å². The molecule has 0 aromatic carbocycles. The minimum atomic E-state index is -1.04. The molecule has 0 unspecified atom stereocenters. The molecule has 0 radical (unpaired) electrons. The Hall–Kier alpha value is -1.98. The molecule has 6 nitrogen and oxygen atoms in total. The number of carboxylic acid groups (broad SMARTS) is 1. The molecular weight excluding hydrogens is 248 g/mol. The van der Waals surface area contributed by atoms with Gasteiger partial charge in [0.05, 0.1) is 6.54 Å². The normalized spacial score (nSPS) is 12.3. The third kappa shape index (κ3) is 4.31. The Morgan fingerprint density at radius 2 is 2.05 bits per heavy atom. The number of nitrogens with one attached hydrogen (secondary N) is 1. The van der Waals surface area contributed by atoms with E-state index in [1.54, 1.807) is 27.0 Å². The number of aliphatic carboxylic acids is 1. The fourth-order valence-electron chi connectivity index (χ4n) is 1.63. The van der Waals surface area contributed by atoms with Gasteiger partial charge in [-0.1, -0.05) is 13.8 Å². The van der Waals surface area contributed by atoms with Gasteiger partial charge >= 0.3 is 12.0 Å². The summed E-state index contributed by atoms with van der Waals surface area (Å²) in [5, 5.41) is 11.5. The molecule has 106 valence electrons. The Balaban J connectivity index is 2.59. The third-order valence-corrected chi connectivity index (χ3v) is 2.75. The molecule has 0 aliphatic rings. The minimum absolute atomic E-state index is 0.180. The van der Waals surface area contributed by atoms with E-state index in [4.69, 9.17) is 9.52 Å². The number of carbonyl (C=O) groups is 2. The van der Waals surface area contributed by atoms with E-state index in [0.29, 0.717) is 12.3 Å². The van der Waals surface area contributed by atoms with Crippen LogP contribution >= 0.6 is 0 Å². The van der Waals surface area contributed by atoms with E-state index in [-0.39, 0.29) is 5.92 Å². The van der Waals surface area contributed by atoms with Crippen LogP contribution in [0.25, 0.3) is 0 Å². The van der Waals surface area contributed by atoms with Gasteiger partial charge in [-0.15, -0.1) is 0 Å². The summed E-state index contributed by atoms with van der Waals surface area (Å²) >= 11 is 0. The zero-order valence-corrected chi connectivity index (χ0v) is 11.6. The van der Waals surface area contributed by atoms with E-state index < -0.39 is 18.0 Å². The number of amides is 2. The van der Waals surface area contributed by atoms with Crippen LogP contribution in [0.4, 0.5) is 4.79 Å². The Morgan fingerprint density at radius 3 is 2.47 bits per heavy atom. The Bertz CT molecular complexity index is 453. The molecule has 0 saturated carbocycles. The van der Waals surface area contributed by atoms with Gasteiger partial charge in [0.25, 0.3) is 0 Å². The summed E-state index contributed by atoms with van der Waals surface area (Å²) in [6.07, 6.45) is 0. The predicted molar refractivity (Wildman–Crippen MR) is 69.7 cm³/mol. The first-order valence-corrected chi connectivity index (χ1v) is 6.11. The average molecular weight is 268 g/mol. The van der Waals surface area contributed by atoms with Crippen LogP contribution in [0.3, 0.4) is 0 Å². The van der Waals surface area contributed by atoms with Crippen molar-refractivity contribution in [3.8, 4) is 0 Å². The number of hydrogen-bond donors (Lipinski definition) is 2. The van der Waals surface area contributed by atoms with Crippen molar-refractivity contribution in [2.75, 3.05) is 7.05 Å². The standard InChI is InChI=1S/C13H20N2O4/c1-8(2)11(12(16)17)14-13(18)15(4)7-10-6-5-9(3)19-10/h5-6,8,11H,7H2,1-4H3,(H,14,18)(H,16,17)/t11-/m1/s1. The van der Waals surface area contributed by atoms with Gasteiger partial charge in [0, 0.05) is 7.05 Å². The number of carbonyl (C=O) groups excluding carboxylic acids is 1. The van der Waals surface area contributed by atoms with Crippen LogP contribution in [0.2, 0.25) is 0 Å². The van der Waals surface area contributed by atoms with Gasteiger partial charge in [0.15, 0.2) is 0 Å². The maximum Gasteiger partial charge on any atom is 0.326 e. The molecule has 0 aliphatic heterocycles. The first-order valence-electron chi connectivity index (χ1n) is 6.11. The van der Waals surface area contributed by atoms with Crippen LogP contribution < -0.4 is 5.32 Å². The average Bonchev–Trinajstić information content (AvgIpc) is 2.70. The monoisotopic (exact) mass is 268 g/mol. The summed E-state index contributed by atoms with van der Waals surface area (Å²) in [6, 6.07) is 2.27. The van der Waals surface area contributed by atoms with Crippen LogP contribution in [0, 0.1) is 12.8 Å². The number of urea groups is 1. The fourth-order valence-corrected chi connectivity index (χ4v) is 1.63. The van der Waals surface area contributed by atoms with Gasteiger partial charge in [-0.05, 0) is 25.0 Å². The number of carboxylic acids is 1. The lowest BCUT2D eigenvalue weighted by molar-refractivity contribution is -0.140.